The van der Waals surface area contributed by atoms with Gasteiger partial charge in [-0.05, 0) is 35.4 Å². The molecule has 20 heavy (non-hydrogen) atoms. The van der Waals surface area contributed by atoms with Crippen LogP contribution in [0.2, 0.25) is 0 Å². The lowest BCUT2D eigenvalue weighted by Crippen LogP contribution is -2.16. The van der Waals surface area contributed by atoms with Gasteiger partial charge in [0.05, 0.1) is 0 Å². The van der Waals surface area contributed by atoms with E-state index < -0.39 is 29.3 Å². The van der Waals surface area contributed by atoms with Crippen LogP contribution in [0.4, 0.5) is 13.2 Å². The highest BCUT2D eigenvalue weighted by Gasteiger charge is 2.18. The zero-order valence-electron chi connectivity index (χ0n) is 10.4. The largest absolute Gasteiger partial charge is 0.370 e. The van der Waals surface area contributed by atoms with Crippen LogP contribution in [0.15, 0.2) is 42.5 Å². The van der Waals surface area contributed by atoms with Gasteiger partial charge in [-0.3, -0.25) is 4.79 Å². The summed E-state index contributed by atoms with van der Waals surface area (Å²) in [4.78, 5) is 11.2. The maximum absolute atomic E-state index is 13.3. The van der Waals surface area contributed by atoms with Crippen LogP contribution < -0.4 is 5.73 Å². The van der Waals surface area contributed by atoms with Gasteiger partial charge in [-0.2, -0.15) is 0 Å². The highest BCUT2D eigenvalue weighted by Crippen LogP contribution is 2.29. The maximum Gasteiger partial charge on any atom is 0.218 e. The normalized spacial score (nSPS) is 12.2. The van der Waals surface area contributed by atoms with Crippen LogP contribution in [0, 0.1) is 17.5 Å². The minimum Gasteiger partial charge on any atom is -0.370 e. The number of primary amides is 1. The lowest BCUT2D eigenvalue weighted by Gasteiger charge is -2.16. The molecular formula is C15H12F3NO. The quantitative estimate of drug-likeness (QED) is 0.918. The standard InChI is InChI=1S/C15H12F3NO/c16-11-3-1-9(2-4-11)14(8-15(19)20)10-5-12(17)7-13(18)6-10/h1-7,14H,8H2,(H2,19,20). The molecule has 0 heterocycles. The van der Waals surface area contributed by atoms with E-state index in [4.69, 9.17) is 5.73 Å². The van der Waals surface area contributed by atoms with Crippen molar-refractivity contribution in [3.05, 3.63) is 71.0 Å². The van der Waals surface area contributed by atoms with Gasteiger partial charge in [0.1, 0.15) is 17.5 Å². The van der Waals surface area contributed by atoms with Crippen LogP contribution in [0.1, 0.15) is 23.5 Å². The third-order valence-electron chi connectivity index (χ3n) is 2.96. The van der Waals surface area contributed by atoms with Crippen LogP contribution in [0.25, 0.3) is 0 Å². The molecule has 0 aliphatic carbocycles. The average Bonchev–Trinajstić information content (AvgIpc) is 2.35. The monoisotopic (exact) mass is 279 g/mol. The summed E-state index contributed by atoms with van der Waals surface area (Å²) in [5.74, 6) is -3.13. The number of benzene rings is 2. The minimum absolute atomic E-state index is 0.117. The molecule has 2 rings (SSSR count). The number of nitrogens with two attached hydrogens (primary N) is 1. The SMILES string of the molecule is NC(=O)CC(c1ccc(F)cc1)c1cc(F)cc(F)c1. The van der Waals surface area contributed by atoms with E-state index in [2.05, 4.69) is 0 Å². The number of rotatable bonds is 4. The van der Waals surface area contributed by atoms with Crippen molar-refractivity contribution >= 4 is 5.91 Å². The van der Waals surface area contributed by atoms with Crippen LogP contribution in [-0.2, 0) is 4.79 Å². The van der Waals surface area contributed by atoms with E-state index in [1.54, 1.807) is 0 Å². The van der Waals surface area contributed by atoms with Crippen molar-refractivity contribution in [2.75, 3.05) is 0 Å². The zero-order valence-corrected chi connectivity index (χ0v) is 10.4. The lowest BCUT2D eigenvalue weighted by atomic mass is 9.88. The molecule has 2 N–H and O–H groups in total. The van der Waals surface area contributed by atoms with Crippen LogP contribution in [0.5, 0.6) is 0 Å². The van der Waals surface area contributed by atoms with E-state index >= 15 is 0 Å². The molecule has 1 unspecified atom stereocenters. The highest BCUT2D eigenvalue weighted by molar-refractivity contribution is 5.75. The molecule has 0 saturated heterocycles. The number of carbonyl (C=O) groups excluding carboxylic acids is 1. The second kappa shape index (κ2) is 5.77. The predicted octanol–water partition coefficient (Wildman–Crippen LogP) is 3.11. The molecule has 0 aromatic heterocycles. The van der Waals surface area contributed by atoms with Crippen molar-refractivity contribution < 1.29 is 18.0 Å². The van der Waals surface area contributed by atoms with Gasteiger partial charge in [0.25, 0.3) is 0 Å². The maximum atomic E-state index is 13.3. The molecule has 2 nitrogen and oxygen atoms in total. The molecule has 1 amide bonds. The van der Waals surface area contributed by atoms with Gasteiger partial charge in [-0.1, -0.05) is 12.1 Å². The van der Waals surface area contributed by atoms with E-state index in [9.17, 15) is 18.0 Å². The fourth-order valence-electron chi connectivity index (χ4n) is 2.10. The summed E-state index contributed by atoms with van der Waals surface area (Å²) in [6.07, 6.45) is -0.117. The number of hydrogen-bond acceptors (Lipinski definition) is 1. The molecule has 0 spiro atoms. The summed E-state index contributed by atoms with van der Waals surface area (Å²) in [7, 11) is 0. The van der Waals surface area contributed by atoms with Crippen molar-refractivity contribution in [3.63, 3.8) is 0 Å². The first-order valence-electron chi connectivity index (χ1n) is 5.95. The van der Waals surface area contributed by atoms with Gasteiger partial charge < -0.3 is 5.73 Å². The summed E-state index contributed by atoms with van der Waals surface area (Å²) in [6, 6.07) is 8.39. The van der Waals surface area contributed by atoms with Crippen LogP contribution >= 0.6 is 0 Å². The highest BCUT2D eigenvalue weighted by atomic mass is 19.1. The summed E-state index contributed by atoms with van der Waals surface area (Å²) in [5.41, 5.74) is 6.02. The summed E-state index contributed by atoms with van der Waals surface area (Å²) < 4.78 is 39.5. The number of halogens is 3. The van der Waals surface area contributed by atoms with Gasteiger partial charge in [0.15, 0.2) is 0 Å². The number of amides is 1. The molecule has 2 aromatic rings. The van der Waals surface area contributed by atoms with E-state index in [0.717, 1.165) is 18.2 Å². The number of hydrogen-bond donors (Lipinski definition) is 1. The smallest absolute Gasteiger partial charge is 0.218 e. The second-order valence-electron chi connectivity index (χ2n) is 4.48. The molecule has 0 saturated carbocycles. The third kappa shape index (κ3) is 3.38. The topological polar surface area (TPSA) is 43.1 Å². The molecule has 0 aliphatic rings. The van der Waals surface area contributed by atoms with E-state index in [-0.39, 0.29) is 12.0 Å². The van der Waals surface area contributed by atoms with Gasteiger partial charge in [0, 0.05) is 18.4 Å². The first kappa shape index (κ1) is 14.1. The molecule has 0 aliphatic heterocycles. The first-order valence-corrected chi connectivity index (χ1v) is 5.95. The lowest BCUT2D eigenvalue weighted by molar-refractivity contribution is -0.118. The Morgan fingerprint density at radius 1 is 0.900 bits per heavy atom. The van der Waals surface area contributed by atoms with Gasteiger partial charge in [0.2, 0.25) is 5.91 Å². The van der Waals surface area contributed by atoms with Gasteiger partial charge in [-0.25, -0.2) is 13.2 Å². The molecule has 104 valence electrons. The fourth-order valence-corrected chi connectivity index (χ4v) is 2.10. The minimum atomic E-state index is -0.739. The van der Waals surface area contributed by atoms with Crippen molar-refractivity contribution in [1.29, 1.82) is 0 Å². The Morgan fingerprint density at radius 3 is 1.95 bits per heavy atom. The average molecular weight is 279 g/mol. The van der Waals surface area contributed by atoms with Gasteiger partial charge >= 0.3 is 0 Å². The third-order valence-corrected chi connectivity index (χ3v) is 2.96. The molecule has 0 radical (unpaired) electrons. The van der Waals surface area contributed by atoms with Crippen molar-refractivity contribution in [3.8, 4) is 0 Å². The molecule has 2 aromatic carbocycles. The van der Waals surface area contributed by atoms with Crippen LogP contribution in [-0.4, -0.2) is 5.91 Å². The van der Waals surface area contributed by atoms with Crippen molar-refractivity contribution in [2.45, 2.75) is 12.3 Å². The Balaban J connectivity index is 2.46. The Morgan fingerprint density at radius 2 is 1.45 bits per heavy atom. The Bertz CT molecular complexity index is 605. The predicted molar refractivity (Wildman–Crippen MR) is 68.4 cm³/mol. The first-order chi connectivity index (χ1) is 9.45. The number of carbonyl (C=O) groups is 1. The zero-order chi connectivity index (χ0) is 14.7. The fraction of sp³-hybridized carbons (Fsp3) is 0.133. The van der Waals surface area contributed by atoms with Crippen LogP contribution in [0.3, 0.4) is 0 Å². The molecule has 5 heteroatoms. The van der Waals surface area contributed by atoms with E-state index in [1.807, 2.05) is 0 Å². The molecule has 1 atom stereocenters. The van der Waals surface area contributed by atoms with E-state index in [0.29, 0.717) is 5.56 Å². The second-order valence-corrected chi connectivity index (χ2v) is 4.48. The Hall–Kier alpha value is -2.30. The van der Waals surface area contributed by atoms with Crippen molar-refractivity contribution in [2.24, 2.45) is 5.73 Å². The molecular weight excluding hydrogens is 267 g/mol. The van der Waals surface area contributed by atoms with Gasteiger partial charge in [-0.15, -0.1) is 0 Å². The van der Waals surface area contributed by atoms with E-state index in [1.165, 1.54) is 24.3 Å². The summed E-state index contributed by atoms with van der Waals surface area (Å²) in [5, 5.41) is 0. The van der Waals surface area contributed by atoms with Crippen molar-refractivity contribution in [1.82, 2.24) is 0 Å². The molecule has 0 fully saturated rings. The summed E-state index contributed by atoms with van der Waals surface area (Å²) >= 11 is 0. The summed E-state index contributed by atoms with van der Waals surface area (Å²) in [6.45, 7) is 0. The Kier molecular flexibility index (Phi) is 4.08. The molecule has 0 bridgehead atoms. The Labute approximate surface area is 114 Å².